The Balaban J connectivity index is 1.97. The van der Waals surface area contributed by atoms with E-state index in [0.717, 1.165) is 20.9 Å². The first kappa shape index (κ1) is 24.8. The van der Waals surface area contributed by atoms with E-state index < -0.39 is 34.3 Å². The fourth-order valence-corrected chi connectivity index (χ4v) is 4.21. The third-order valence-electron chi connectivity index (χ3n) is 6.75. The SMILES string of the molecule is CCOC(=O)[C@@]1(NC(=O)OC(C)(C)C)Cc2ccc(C3=[N+]([O-])C(C)(C)C(C)(C)N3[O])cc2C1. The molecule has 1 heterocycles. The number of esters is 1. The molecule has 9 nitrogen and oxygen atoms in total. The molecule has 1 aliphatic carbocycles. The lowest BCUT2D eigenvalue weighted by atomic mass is 9.84. The number of alkyl carbamates (subject to hydrolysis) is 1. The van der Waals surface area contributed by atoms with E-state index in [0.29, 0.717) is 5.56 Å². The summed E-state index contributed by atoms with van der Waals surface area (Å²) in [5, 5.41) is 29.6. The van der Waals surface area contributed by atoms with Gasteiger partial charge in [0.05, 0.1) is 12.2 Å². The van der Waals surface area contributed by atoms with Crippen LogP contribution in [-0.4, -0.2) is 56.5 Å². The van der Waals surface area contributed by atoms with Gasteiger partial charge in [-0.05, 0) is 78.6 Å². The molecular weight excluding hydrogens is 426 g/mol. The van der Waals surface area contributed by atoms with Crippen LogP contribution in [0.5, 0.6) is 0 Å². The van der Waals surface area contributed by atoms with Crippen molar-refractivity contribution in [1.29, 1.82) is 0 Å². The number of nitrogens with zero attached hydrogens (tertiary/aromatic N) is 2. The summed E-state index contributed by atoms with van der Waals surface area (Å²) in [4.78, 5) is 25.5. The van der Waals surface area contributed by atoms with Gasteiger partial charge in [0.25, 0.3) is 0 Å². The highest BCUT2D eigenvalue weighted by Gasteiger charge is 2.60. The summed E-state index contributed by atoms with van der Waals surface area (Å²) in [6.45, 7) is 14.0. The van der Waals surface area contributed by atoms with Gasteiger partial charge in [0.2, 0.25) is 0 Å². The van der Waals surface area contributed by atoms with Crippen LogP contribution in [0.3, 0.4) is 0 Å². The minimum absolute atomic E-state index is 0.0292. The van der Waals surface area contributed by atoms with Crippen molar-refractivity contribution in [2.75, 3.05) is 6.61 Å². The summed E-state index contributed by atoms with van der Waals surface area (Å²) in [5.41, 5.74) is -1.87. The summed E-state index contributed by atoms with van der Waals surface area (Å²) in [5.74, 6) is -0.526. The minimum atomic E-state index is -1.33. The van der Waals surface area contributed by atoms with Crippen molar-refractivity contribution in [1.82, 2.24) is 10.4 Å². The molecular formula is C24H34N3O6. The van der Waals surface area contributed by atoms with Crippen LogP contribution >= 0.6 is 0 Å². The Bertz CT molecular complexity index is 1010. The highest BCUT2D eigenvalue weighted by molar-refractivity contribution is 5.96. The van der Waals surface area contributed by atoms with Crippen LogP contribution in [0.1, 0.15) is 72.1 Å². The molecule has 2 aliphatic rings. The van der Waals surface area contributed by atoms with Gasteiger partial charge in [0, 0.05) is 18.0 Å². The number of carbonyl (C=O) groups excluding carboxylic acids is 2. The van der Waals surface area contributed by atoms with Gasteiger partial charge in [-0.3, -0.25) is 4.74 Å². The van der Waals surface area contributed by atoms with Crippen molar-refractivity contribution in [3.05, 3.63) is 40.1 Å². The number of amidine groups is 1. The van der Waals surface area contributed by atoms with E-state index in [1.807, 2.05) is 0 Å². The van der Waals surface area contributed by atoms with E-state index in [4.69, 9.17) is 9.47 Å². The normalized spacial score (nSPS) is 23.4. The average Bonchev–Trinajstić information content (AvgIpc) is 3.09. The third-order valence-corrected chi connectivity index (χ3v) is 6.75. The molecule has 1 N–H and O–H groups in total. The van der Waals surface area contributed by atoms with Gasteiger partial charge in [-0.1, -0.05) is 11.1 Å². The summed E-state index contributed by atoms with van der Waals surface area (Å²) in [6, 6.07) is 5.24. The standard InChI is InChI=1S/C24H34N3O6/c1-9-32-19(28)24(25-20(29)33-21(2,3)4)13-16-11-10-15(12-17(16)14-24)18-26(30)22(5,6)23(7,8)27(18)31/h10-12H,9,13-14H2,1-8H3,(H,25,29)/t24-/m1/s1. The molecule has 1 aromatic rings. The maximum absolute atomic E-state index is 13.0. The molecule has 0 fully saturated rings. The smallest absolute Gasteiger partial charge is 0.408 e. The Morgan fingerprint density at radius 2 is 1.76 bits per heavy atom. The summed E-state index contributed by atoms with van der Waals surface area (Å²) < 4.78 is 11.4. The number of carbonyl (C=O) groups is 2. The lowest BCUT2D eigenvalue weighted by Crippen LogP contribution is -2.57. The number of ether oxygens (including phenoxy) is 2. The van der Waals surface area contributed by atoms with E-state index in [-0.39, 0.29) is 25.3 Å². The van der Waals surface area contributed by atoms with Crippen LogP contribution in [0, 0.1) is 5.21 Å². The highest BCUT2D eigenvalue weighted by atomic mass is 16.6. The predicted molar refractivity (Wildman–Crippen MR) is 121 cm³/mol. The first-order valence-corrected chi connectivity index (χ1v) is 11.2. The second-order valence-corrected chi connectivity index (χ2v) is 10.8. The second-order valence-electron chi connectivity index (χ2n) is 10.8. The highest BCUT2D eigenvalue weighted by Crippen LogP contribution is 2.39. The van der Waals surface area contributed by atoms with Crippen LogP contribution in [0.15, 0.2) is 18.2 Å². The van der Waals surface area contributed by atoms with Crippen LogP contribution in [-0.2, 0) is 32.3 Å². The molecule has 1 atom stereocenters. The third kappa shape index (κ3) is 4.14. The van der Waals surface area contributed by atoms with Gasteiger partial charge in [0.15, 0.2) is 5.54 Å². The summed E-state index contributed by atoms with van der Waals surface area (Å²) >= 11 is 0. The van der Waals surface area contributed by atoms with Crippen LogP contribution in [0.2, 0.25) is 0 Å². The van der Waals surface area contributed by atoms with Gasteiger partial charge < -0.3 is 20.0 Å². The molecule has 1 amide bonds. The van der Waals surface area contributed by atoms with Gasteiger partial charge in [-0.25, -0.2) is 9.59 Å². The Kier molecular flexibility index (Phi) is 5.94. The van der Waals surface area contributed by atoms with E-state index >= 15 is 0 Å². The predicted octanol–water partition coefficient (Wildman–Crippen LogP) is 3.09. The van der Waals surface area contributed by atoms with Gasteiger partial charge in [-0.2, -0.15) is 0 Å². The first-order chi connectivity index (χ1) is 15.1. The van der Waals surface area contributed by atoms with Crippen LogP contribution in [0.25, 0.3) is 0 Å². The molecule has 0 aromatic heterocycles. The second kappa shape index (κ2) is 7.90. The van der Waals surface area contributed by atoms with E-state index in [9.17, 15) is 20.0 Å². The average molecular weight is 461 g/mol. The zero-order valence-electron chi connectivity index (χ0n) is 20.7. The van der Waals surface area contributed by atoms with Crippen molar-refractivity contribution >= 4 is 17.9 Å². The van der Waals surface area contributed by atoms with Gasteiger partial charge in [0.1, 0.15) is 16.7 Å². The van der Waals surface area contributed by atoms with E-state index in [2.05, 4.69) is 5.32 Å². The van der Waals surface area contributed by atoms with Crippen molar-refractivity contribution in [3.63, 3.8) is 0 Å². The fraction of sp³-hybridized carbons (Fsp3) is 0.625. The van der Waals surface area contributed by atoms with Gasteiger partial charge >= 0.3 is 17.9 Å². The molecule has 9 heteroatoms. The van der Waals surface area contributed by atoms with Crippen molar-refractivity contribution in [3.8, 4) is 0 Å². The molecule has 0 saturated heterocycles. The largest absolute Gasteiger partial charge is 0.714 e. The molecule has 0 bridgehead atoms. The van der Waals surface area contributed by atoms with Crippen molar-refractivity contribution in [2.45, 2.75) is 90.4 Å². The number of hydrogen-bond acceptors (Lipinski definition) is 6. The number of rotatable bonds is 4. The molecule has 0 spiro atoms. The quantitative estimate of drug-likeness (QED) is 0.420. The molecule has 181 valence electrons. The Morgan fingerprint density at radius 1 is 1.15 bits per heavy atom. The lowest BCUT2D eigenvalue weighted by Gasteiger charge is -2.32. The number of nitrogens with one attached hydrogen (secondary N) is 1. The number of benzene rings is 1. The van der Waals surface area contributed by atoms with Crippen molar-refractivity contribution < 1.29 is 29.0 Å². The summed E-state index contributed by atoms with van der Waals surface area (Å²) in [7, 11) is 0. The molecule has 3 rings (SSSR count). The zero-order chi connectivity index (χ0) is 25.0. The van der Waals surface area contributed by atoms with Gasteiger partial charge in [-0.15, -0.1) is 0 Å². The maximum atomic E-state index is 13.0. The Labute approximate surface area is 194 Å². The zero-order valence-corrected chi connectivity index (χ0v) is 20.7. The molecule has 0 unspecified atom stereocenters. The number of hydrogen-bond donors (Lipinski definition) is 1. The number of amides is 1. The Morgan fingerprint density at radius 3 is 2.27 bits per heavy atom. The minimum Gasteiger partial charge on any atom is -0.714 e. The molecule has 33 heavy (non-hydrogen) atoms. The monoisotopic (exact) mass is 460 g/mol. The lowest BCUT2D eigenvalue weighted by molar-refractivity contribution is -0.539. The van der Waals surface area contributed by atoms with Crippen LogP contribution in [0.4, 0.5) is 4.79 Å². The fourth-order valence-electron chi connectivity index (χ4n) is 4.21. The topological polar surface area (TPSA) is 114 Å². The number of hydroxylamine groups is 3. The van der Waals surface area contributed by atoms with E-state index in [1.165, 1.54) is 0 Å². The maximum Gasteiger partial charge on any atom is 0.408 e. The molecule has 0 saturated carbocycles. The van der Waals surface area contributed by atoms with Crippen molar-refractivity contribution in [2.24, 2.45) is 0 Å². The molecule has 1 aromatic carbocycles. The molecule has 1 aliphatic heterocycles. The van der Waals surface area contributed by atoms with Crippen LogP contribution < -0.4 is 5.32 Å². The Hall–Kier alpha value is -2.81. The molecule has 1 radical (unpaired) electrons. The first-order valence-electron chi connectivity index (χ1n) is 11.2. The number of fused-ring (bicyclic) bond motifs is 1. The van der Waals surface area contributed by atoms with E-state index in [1.54, 1.807) is 73.6 Å². The summed E-state index contributed by atoms with van der Waals surface area (Å²) in [6.07, 6.45) is -0.338.